The lowest BCUT2D eigenvalue weighted by Crippen LogP contribution is -2.40. The van der Waals surface area contributed by atoms with E-state index >= 15 is 0 Å². The fourth-order valence-electron chi connectivity index (χ4n) is 1.89. The summed E-state index contributed by atoms with van der Waals surface area (Å²) < 4.78 is 10.7. The summed E-state index contributed by atoms with van der Waals surface area (Å²) in [4.78, 5) is 0. The van der Waals surface area contributed by atoms with Crippen molar-refractivity contribution in [3.8, 4) is 0 Å². The standard InChI is InChI=1S/C14H31NO3/c1-6-13(9-17-5)15-8-14(16)10-18-12(4)7-11(2)3/h11-16H,6-10H2,1-5H3. The molecule has 18 heavy (non-hydrogen) atoms. The van der Waals surface area contributed by atoms with Crippen LogP contribution in [-0.4, -0.2) is 50.2 Å². The third-order valence-corrected chi connectivity index (χ3v) is 2.88. The van der Waals surface area contributed by atoms with E-state index in [4.69, 9.17) is 9.47 Å². The van der Waals surface area contributed by atoms with Gasteiger partial charge in [-0.3, -0.25) is 0 Å². The molecule has 0 bridgehead atoms. The zero-order valence-electron chi connectivity index (χ0n) is 12.6. The Morgan fingerprint density at radius 1 is 1.17 bits per heavy atom. The Balaban J connectivity index is 3.66. The van der Waals surface area contributed by atoms with Crippen LogP contribution in [0.25, 0.3) is 0 Å². The molecule has 0 radical (unpaired) electrons. The molecule has 0 aromatic rings. The van der Waals surface area contributed by atoms with Crippen LogP contribution in [0.3, 0.4) is 0 Å². The Kier molecular flexibility index (Phi) is 10.6. The molecule has 0 fully saturated rings. The van der Waals surface area contributed by atoms with Crippen LogP contribution in [0.15, 0.2) is 0 Å². The van der Waals surface area contributed by atoms with Crippen LogP contribution in [0, 0.1) is 5.92 Å². The Labute approximate surface area is 112 Å². The monoisotopic (exact) mass is 261 g/mol. The maximum absolute atomic E-state index is 9.82. The first-order valence-electron chi connectivity index (χ1n) is 7.01. The summed E-state index contributed by atoms with van der Waals surface area (Å²) in [5.74, 6) is 0.626. The number of aliphatic hydroxyl groups excluding tert-OH is 1. The van der Waals surface area contributed by atoms with Gasteiger partial charge in [0.1, 0.15) is 0 Å². The summed E-state index contributed by atoms with van der Waals surface area (Å²) in [5, 5.41) is 13.1. The molecule has 0 rings (SSSR count). The van der Waals surface area contributed by atoms with Gasteiger partial charge in [0.15, 0.2) is 0 Å². The van der Waals surface area contributed by atoms with E-state index in [1.807, 2.05) is 0 Å². The van der Waals surface area contributed by atoms with Crippen LogP contribution in [-0.2, 0) is 9.47 Å². The molecule has 0 heterocycles. The van der Waals surface area contributed by atoms with Crippen LogP contribution in [0.2, 0.25) is 0 Å². The molecule has 0 aliphatic rings. The van der Waals surface area contributed by atoms with Crippen molar-refractivity contribution in [2.75, 3.05) is 26.9 Å². The number of aliphatic hydroxyl groups is 1. The Hall–Kier alpha value is -0.160. The molecule has 0 saturated heterocycles. The second-order valence-corrected chi connectivity index (χ2v) is 5.40. The van der Waals surface area contributed by atoms with E-state index in [-0.39, 0.29) is 6.10 Å². The van der Waals surface area contributed by atoms with Crippen molar-refractivity contribution in [1.82, 2.24) is 5.32 Å². The van der Waals surface area contributed by atoms with Crippen LogP contribution in [0.1, 0.15) is 40.5 Å². The van der Waals surface area contributed by atoms with Crippen molar-refractivity contribution in [3.63, 3.8) is 0 Å². The van der Waals surface area contributed by atoms with Gasteiger partial charge in [-0.2, -0.15) is 0 Å². The van der Waals surface area contributed by atoms with Crippen molar-refractivity contribution in [2.45, 2.75) is 58.8 Å². The largest absolute Gasteiger partial charge is 0.389 e. The second-order valence-electron chi connectivity index (χ2n) is 5.40. The van der Waals surface area contributed by atoms with Gasteiger partial charge in [0.05, 0.1) is 25.4 Å². The molecule has 2 N–H and O–H groups in total. The van der Waals surface area contributed by atoms with E-state index in [1.165, 1.54) is 0 Å². The van der Waals surface area contributed by atoms with Crippen molar-refractivity contribution >= 4 is 0 Å². The van der Waals surface area contributed by atoms with E-state index in [9.17, 15) is 5.11 Å². The lowest BCUT2D eigenvalue weighted by atomic mass is 10.1. The van der Waals surface area contributed by atoms with Gasteiger partial charge in [0, 0.05) is 19.7 Å². The first-order chi connectivity index (χ1) is 8.49. The smallest absolute Gasteiger partial charge is 0.0897 e. The van der Waals surface area contributed by atoms with Gasteiger partial charge in [-0.05, 0) is 25.7 Å². The zero-order chi connectivity index (χ0) is 14.0. The van der Waals surface area contributed by atoms with Crippen LogP contribution in [0.5, 0.6) is 0 Å². The van der Waals surface area contributed by atoms with Crippen molar-refractivity contribution in [1.29, 1.82) is 0 Å². The minimum absolute atomic E-state index is 0.209. The maximum Gasteiger partial charge on any atom is 0.0897 e. The normalized spacial score (nSPS) is 16.8. The number of rotatable bonds is 11. The first-order valence-corrected chi connectivity index (χ1v) is 7.01. The minimum atomic E-state index is -0.453. The van der Waals surface area contributed by atoms with Gasteiger partial charge >= 0.3 is 0 Å². The highest BCUT2D eigenvalue weighted by Gasteiger charge is 2.11. The van der Waals surface area contributed by atoms with Crippen LogP contribution >= 0.6 is 0 Å². The third-order valence-electron chi connectivity index (χ3n) is 2.88. The van der Waals surface area contributed by atoms with Gasteiger partial charge in [-0.15, -0.1) is 0 Å². The molecule has 0 aliphatic heterocycles. The predicted molar refractivity (Wildman–Crippen MR) is 74.8 cm³/mol. The average Bonchev–Trinajstić information content (AvgIpc) is 2.31. The van der Waals surface area contributed by atoms with Gasteiger partial charge in [0.25, 0.3) is 0 Å². The molecule has 0 aliphatic carbocycles. The molecule has 4 nitrogen and oxygen atoms in total. The molecule has 0 aromatic carbocycles. The molecule has 0 amide bonds. The summed E-state index contributed by atoms with van der Waals surface area (Å²) in [6, 6.07) is 0.303. The summed E-state index contributed by atoms with van der Waals surface area (Å²) >= 11 is 0. The van der Waals surface area contributed by atoms with Crippen molar-refractivity contribution in [2.24, 2.45) is 5.92 Å². The predicted octanol–water partition coefficient (Wildman–Crippen LogP) is 1.81. The SMILES string of the molecule is CCC(COC)NCC(O)COC(C)CC(C)C. The van der Waals surface area contributed by atoms with Gasteiger partial charge in [-0.1, -0.05) is 20.8 Å². The topological polar surface area (TPSA) is 50.7 Å². The quantitative estimate of drug-likeness (QED) is 0.595. The first kappa shape index (κ1) is 17.8. The molecule has 0 spiro atoms. The fraction of sp³-hybridized carbons (Fsp3) is 1.00. The van der Waals surface area contributed by atoms with Crippen LogP contribution in [0.4, 0.5) is 0 Å². The van der Waals surface area contributed by atoms with E-state index in [2.05, 4.69) is 33.0 Å². The molecule has 3 unspecified atom stereocenters. The zero-order valence-corrected chi connectivity index (χ0v) is 12.6. The number of methoxy groups -OCH3 is 1. The van der Waals surface area contributed by atoms with E-state index in [0.717, 1.165) is 12.8 Å². The highest BCUT2D eigenvalue weighted by molar-refractivity contribution is 4.68. The van der Waals surface area contributed by atoms with E-state index in [0.29, 0.717) is 31.7 Å². The third kappa shape index (κ3) is 9.83. The molecular weight excluding hydrogens is 230 g/mol. The molecule has 0 saturated carbocycles. The average molecular weight is 261 g/mol. The Bertz CT molecular complexity index is 188. The molecule has 3 atom stereocenters. The number of hydrogen-bond donors (Lipinski definition) is 2. The highest BCUT2D eigenvalue weighted by Crippen LogP contribution is 2.07. The fourth-order valence-corrected chi connectivity index (χ4v) is 1.89. The van der Waals surface area contributed by atoms with E-state index < -0.39 is 6.10 Å². The lowest BCUT2D eigenvalue weighted by Gasteiger charge is -2.21. The highest BCUT2D eigenvalue weighted by atomic mass is 16.5. The number of hydrogen-bond acceptors (Lipinski definition) is 4. The van der Waals surface area contributed by atoms with E-state index in [1.54, 1.807) is 7.11 Å². The number of ether oxygens (including phenoxy) is 2. The van der Waals surface area contributed by atoms with Crippen molar-refractivity contribution < 1.29 is 14.6 Å². The summed E-state index contributed by atoms with van der Waals surface area (Å²) in [5.41, 5.74) is 0. The number of nitrogens with one attached hydrogen (secondary N) is 1. The lowest BCUT2D eigenvalue weighted by molar-refractivity contribution is -0.0101. The second kappa shape index (κ2) is 10.7. The molecule has 110 valence electrons. The summed E-state index contributed by atoms with van der Waals surface area (Å²) in [6.07, 6.45) is 1.78. The minimum Gasteiger partial charge on any atom is -0.389 e. The Morgan fingerprint density at radius 2 is 1.83 bits per heavy atom. The Morgan fingerprint density at radius 3 is 2.33 bits per heavy atom. The molecule has 0 aromatic heterocycles. The molecule has 4 heteroatoms. The summed E-state index contributed by atoms with van der Waals surface area (Å²) in [7, 11) is 1.69. The van der Waals surface area contributed by atoms with Gasteiger partial charge < -0.3 is 19.9 Å². The summed E-state index contributed by atoms with van der Waals surface area (Å²) in [6.45, 7) is 10.1. The van der Waals surface area contributed by atoms with Gasteiger partial charge in [-0.25, -0.2) is 0 Å². The molecular formula is C14H31NO3. The maximum atomic E-state index is 9.82. The van der Waals surface area contributed by atoms with Crippen LogP contribution < -0.4 is 5.32 Å². The van der Waals surface area contributed by atoms with Crippen molar-refractivity contribution in [3.05, 3.63) is 0 Å². The van der Waals surface area contributed by atoms with Gasteiger partial charge in [0.2, 0.25) is 0 Å².